The zero-order chi connectivity index (χ0) is 20.1. The number of halogens is 1. The lowest BCUT2D eigenvalue weighted by Gasteiger charge is -2.10. The molecule has 3 aromatic rings. The number of ether oxygens (including phenoxy) is 2. The van der Waals surface area contributed by atoms with E-state index in [0.29, 0.717) is 28.0 Å². The highest BCUT2D eigenvalue weighted by Gasteiger charge is 2.16. The van der Waals surface area contributed by atoms with E-state index in [-0.39, 0.29) is 5.91 Å². The fraction of sp³-hybridized carbons (Fsp3) is 0.238. The monoisotopic (exact) mass is 416 g/mol. The Bertz CT molecular complexity index is 1030. The summed E-state index contributed by atoms with van der Waals surface area (Å²) in [5.74, 6) is 0.958. The number of nitrogens with zero attached hydrogens (tertiary/aromatic N) is 1. The smallest absolute Gasteiger partial charge is 0.283 e. The number of nitrogens with one attached hydrogen (secondary N) is 1. The standard InChI is InChI=1S/C21H21ClN2O3S/c1-4-9-27-16-8-6-14(11-17(16)26-3)12-23-24-21(25)20-19(22)15-7-5-13(2)10-18(15)28-20/h5-8,10-12H,4,9H2,1-3H3,(H,24,25)/b23-12+. The molecule has 0 fully saturated rings. The Hall–Kier alpha value is -2.57. The Kier molecular flexibility index (Phi) is 6.54. The maximum absolute atomic E-state index is 12.5. The van der Waals surface area contributed by atoms with Gasteiger partial charge in [0.1, 0.15) is 4.88 Å². The average Bonchev–Trinajstić information content (AvgIpc) is 3.02. The number of methoxy groups -OCH3 is 1. The van der Waals surface area contributed by atoms with E-state index in [2.05, 4.69) is 10.5 Å². The van der Waals surface area contributed by atoms with Gasteiger partial charge in [0.25, 0.3) is 5.91 Å². The van der Waals surface area contributed by atoms with Gasteiger partial charge in [-0.2, -0.15) is 5.10 Å². The third kappa shape index (κ3) is 4.46. The molecule has 0 aliphatic rings. The molecule has 1 aromatic heterocycles. The molecule has 7 heteroatoms. The maximum atomic E-state index is 12.5. The van der Waals surface area contributed by atoms with Crippen molar-refractivity contribution < 1.29 is 14.3 Å². The van der Waals surface area contributed by atoms with Gasteiger partial charge in [-0.1, -0.05) is 30.7 Å². The lowest BCUT2D eigenvalue weighted by molar-refractivity contribution is 0.0959. The van der Waals surface area contributed by atoms with Crippen LogP contribution in [0.5, 0.6) is 11.5 Å². The van der Waals surface area contributed by atoms with Crippen molar-refractivity contribution in [1.29, 1.82) is 0 Å². The molecule has 0 saturated carbocycles. The highest BCUT2D eigenvalue weighted by atomic mass is 35.5. The first-order valence-electron chi connectivity index (χ1n) is 8.86. The third-order valence-corrected chi connectivity index (χ3v) is 5.68. The van der Waals surface area contributed by atoms with Crippen molar-refractivity contribution in [2.24, 2.45) is 5.10 Å². The second-order valence-corrected chi connectivity index (χ2v) is 7.63. The average molecular weight is 417 g/mol. The number of carbonyl (C=O) groups excluding carboxylic acids is 1. The largest absolute Gasteiger partial charge is 0.493 e. The summed E-state index contributed by atoms with van der Waals surface area (Å²) in [6.45, 7) is 4.67. The molecule has 0 bridgehead atoms. The van der Waals surface area contributed by atoms with Gasteiger partial charge in [-0.15, -0.1) is 11.3 Å². The predicted molar refractivity (Wildman–Crippen MR) is 115 cm³/mol. The Balaban J connectivity index is 1.72. The molecule has 1 heterocycles. The molecule has 0 aliphatic heterocycles. The van der Waals surface area contributed by atoms with Gasteiger partial charge >= 0.3 is 0 Å². The summed E-state index contributed by atoms with van der Waals surface area (Å²) in [6, 6.07) is 11.4. The summed E-state index contributed by atoms with van der Waals surface area (Å²) in [7, 11) is 1.59. The van der Waals surface area contributed by atoms with E-state index in [1.807, 2.05) is 44.2 Å². The van der Waals surface area contributed by atoms with Gasteiger partial charge in [0.15, 0.2) is 11.5 Å². The minimum atomic E-state index is -0.338. The molecule has 0 radical (unpaired) electrons. The van der Waals surface area contributed by atoms with E-state index in [1.54, 1.807) is 19.4 Å². The van der Waals surface area contributed by atoms with E-state index >= 15 is 0 Å². The number of aryl methyl sites for hydroxylation is 1. The Labute approximate surface area is 172 Å². The Morgan fingerprint density at radius 3 is 2.82 bits per heavy atom. The quantitative estimate of drug-likeness (QED) is 0.413. The van der Waals surface area contributed by atoms with Crippen LogP contribution in [0.3, 0.4) is 0 Å². The lowest BCUT2D eigenvalue weighted by Crippen LogP contribution is -2.16. The van der Waals surface area contributed by atoms with Crippen molar-refractivity contribution in [1.82, 2.24) is 5.43 Å². The maximum Gasteiger partial charge on any atom is 0.283 e. The first kappa shape index (κ1) is 20.2. The van der Waals surface area contributed by atoms with Crippen LogP contribution in [0.25, 0.3) is 10.1 Å². The molecule has 0 aliphatic carbocycles. The van der Waals surface area contributed by atoms with Crippen LogP contribution >= 0.6 is 22.9 Å². The molecule has 0 spiro atoms. The zero-order valence-electron chi connectivity index (χ0n) is 15.9. The van der Waals surface area contributed by atoms with E-state index in [4.69, 9.17) is 21.1 Å². The lowest BCUT2D eigenvalue weighted by atomic mass is 10.2. The number of benzene rings is 2. The molecule has 1 N–H and O–H groups in total. The van der Waals surface area contributed by atoms with Crippen LogP contribution in [0, 0.1) is 6.92 Å². The van der Waals surface area contributed by atoms with Crippen molar-refractivity contribution in [3.05, 3.63) is 57.4 Å². The zero-order valence-corrected chi connectivity index (χ0v) is 17.5. The number of thiophene rings is 1. The minimum Gasteiger partial charge on any atom is -0.493 e. The summed E-state index contributed by atoms with van der Waals surface area (Å²) >= 11 is 7.72. The molecule has 0 unspecified atom stereocenters. The molecule has 146 valence electrons. The third-order valence-electron chi connectivity index (χ3n) is 4.02. The van der Waals surface area contributed by atoms with Gasteiger partial charge in [-0.25, -0.2) is 5.43 Å². The van der Waals surface area contributed by atoms with Gasteiger partial charge in [-0.3, -0.25) is 4.79 Å². The van der Waals surface area contributed by atoms with Crippen molar-refractivity contribution in [2.75, 3.05) is 13.7 Å². The first-order valence-corrected chi connectivity index (χ1v) is 10.1. The second kappa shape index (κ2) is 9.08. The van der Waals surface area contributed by atoms with Crippen LogP contribution in [0.15, 0.2) is 41.5 Å². The van der Waals surface area contributed by atoms with Crippen LogP contribution in [0.1, 0.15) is 34.1 Å². The van der Waals surface area contributed by atoms with Crippen molar-refractivity contribution in [2.45, 2.75) is 20.3 Å². The molecule has 0 atom stereocenters. The van der Waals surface area contributed by atoms with Crippen LogP contribution < -0.4 is 14.9 Å². The van der Waals surface area contributed by atoms with Gasteiger partial charge in [0.2, 0.25) is 0 Å². The van der Waals surface area contributed by atoms with Crippen molar-refractivity contribution >= 4 is 45.1 Å². The highest BCUT2D eigenvalue weighted by Crippen LogP contribution is 2.35. The summed E-state index contributed by atoms with van der Waals surface area (Å²) in [6.07, 6.45) is 2.47. The number of hydrogen-bond donors (Lipinski definition) is 1. The normalized spacial score (nSPS) is 11.1. The topological polar surface area (TPSA) is 59.9 Å². The van der Waals surface area contributed by atoms with Gasteiger partial charge < -0.3 is 9.47 Å². The fourth-order valence-corrected chi connectivity index (χ4v) is 4.14. The van der Waals surface area contributed by atoms with Crippen LogP contribution in [-0.2, 0) is 0 Å². The summed E-state index contributed by atoms with van der Waals surface area (Å²) in [4.78, 5) is 12.9. The predicted octanol–water partition coefficient (Wildman–Crippen LogP) is 5.42. The molecule has 0 saturated heterocycles. The van der Waals surface area contributed by atoms with Crippen LogP contribution in [0.4, 0.5) is 0 Å². The summed E-state index contributed by atoms with van der Waals surface area (Å²) in [5.41, 5.74) is 4.43. The van der Waals surface area contributed by atoms with E-state index in [0.717, 1.165) is 27.6 Å². The molecule has 2 aromatic carbocycles. The number of fused-ring (bicyclic) bond motifs is 1. The fourth-order valence-electron chi connectivity index (χ4n) is 2.63. The van der Waals surface area contributed by atoms with Crippen molar-refractivity contribution in [3.8, 4) is 11.5 Å². The van der Waals surface area contributed by atoms with Crippen LogP contribution in [-0.4, -0.2) is 25.8 Å². The second-order valence-electron chi connectivity index (χ2n) is 6.20. The number of rotatable bonds is 7. The Morgan fingerprint density at radius 2 is 2.07 bits per heavy atom. The minimum absolute atomic E-state index is 0.338. The Morgan fingerprint density at radius 1 is 1.25 bits per heavy atom. The van der Waals surface area contributed by atoms with E-state index in [1.165, 1.54) is 11.3 Å². The first-order chi connectivity index (χ1) is 13.5. The number of carbonyl (C=O) groups is 1. The molecule has 1 amide bonds. The van der Waals surface area contributed by atoms with Gasteiger partial charge in [0.05, 0.1) is 25.0 Å². The molecular weight excluding hydrogens is 396 g/mol. The highest BCUT2D eigenvalue weighted by molar-refractivity contribution is 7.21. The molecular formula is C21H21ClN2O3S. The number of hydrogen-bond acceptors (Lipinski definition) is 5. The summed E-state index contributed by atoms with van der Waals surface area (Å²) < 4.78 is 12.0. The van der Waals surface area contributed by atoms with E-state index < -0.39 is 0 Å². The van der Waals surface area contributed by atoms with Gasteiger partial charge in [0, 0.05) is 10.1 Å². The SMILES string of the molecule is CCCOc1ccc(/C=N/NC(=O)c2sc3cc(C)ccc3c2Cl)cc1OC. The van der Waals surface area contributed by atoms with E-state index in [9.17, 15) is 4.79 Å². The summed E-state index contributed by atoms with van der Waals surface area (Å²) in [5, 5.41) is 5.37. The number of amides is 1. The number of hydrazone groups is 1. The van der Waals surface area contributed by atoms with Crippen LogP contribution in [0.2, 0.25) is 5.02 Å². The molecule has 28 heavy (non-hydrogen) atoms. The van der Waals surface area contributed by atoms with Gasteiger partial charge in [-0.05, 0) is 48.7 Å². The molecule has 3 rings (SSSR count). The van der Waals surface area contributed by atoms with Crippen molar-refractivity contribution in [3.63, 3.8) is 0 Å². The molecule has 5 nitrogen and oxygen atoms in total.